The SMILES string of the molecule is CCC(O)CN1CCn2c(nn(C)c2=O)C1. The average Bonchev–Trinajstić information content (AvgIpc) is 2.54. The maximum atomic E-state index is 11.6. The van der Waals surface area contributed by atoms with Gasteiger partial charge in [0, 0.05) is 26.7 Å². The molecule has 0 fully saturated rings. The molecule has 6 nitrogen and oxygen atoms in total. The number of hydrogen-bond acceptors (Lipinski definition) is 4. The first-order chi connectivity index (χ1) is 7.61. The van der Waals surface area contributed by atoms with Gasteiger partial charge in [-0.15, -0.1) is 0 Å². The minimum absolute atomic E-state index is 0.0503. The number of rotatable bonds is 3. The molecule has 90 valence electrons. The molecule has 1 unspecified atom stereocenters. The predicted molar refractivity (Wildman–Crippen MR) is 59.0 cm³/mol. The topological polar surface area (TPSA) is 63.3 Å². The summed E-state index contributed by atoms with van der Waals surface area (Å²) >= 11 is 0. The van der Waals surface area contributed by atoms with Crippen LogP contribution in [-0.4, -0.2) is 43.5 Å². The van der Waals surface area contributed by atoms with Gasteiger partial charge in [0.05, 0.1) is 12.6 Å². The summed E-state index contributed by atoms with van der Waals surface area (Å²) in [5, 5.41) is 13.8. The standard InChI is InChI=1S/C10H18N4O2/c1-3-8(15)6-13-4-5-14-9(7-13)11-12(2)10(14)16/h8,15H,3-7H2,1-2H3. The molecule has 0 saturated heterocycles. The van der Waals surface area contributed by atoms with Crippen molar-refractivity contribution >= 4 is 0 Å². The fraction of sp³-hybridized carbons (Fsp3) is 0.800. The Morgan fingerprint density at radius 1 is 1.50 bits per heavy atom. The van der Waals surface area contributed by atoms with Gasteiger partial charge < -0.3 is 5.11 Å². The van der Waals surface area contributed by atoms with Crippen molar-refractivity contribution in [1.29, 1.82) is 0 Å². The molecule has 1 aliphatic rings. The van der Waals surface area contributed by atoms with Gasteiger partial charge in [-0.2, -0.15) is 5.10 Å². The lowest BCUT2D eigenvalue weighted by molar-refractivity contribution is 0.0931. The molecular weight excluding hydrogens is 208 g/mol. The second-order valence-corrected chi connectivity index (χ2v) is 4.27. The predicted octanol–water partition coefficient (Wildman–Crippen LogP) is -0.832. The Morgan fingerprint density at radius 3 is 2.94 bits per heavy atom. The average molecular weight is 226 g/mol. The number of nitrogens with zero attached hydrogens (tertiary/aromatic N) is 4. The van der Waals surface area contributed by atoms with Crippen molar-refractivity contribution in [3.8, 4) is 0 Å². The molecule has 2 heterocycles. The van der Waals surface area contributed by atoms with Gasteiger partial charge in [0.25, 0.3) is 0 Å². The molecule has 0 aliphatic carbocycles. The van der Waals surface area contributed by atoms with Crippen LogP contribution in [0.1, 0.15) is 19.2 Å². The van der Waals surface area contributed by atoms with E-state index in [1.807, 2.05) is 6.92 Å². The molecule has 2 rings (SSSR count). The summed E-state index contributed by atoms with van der Waals surface area (Å²) in [6, 6.07) is 0. The maximum Gasteiger partial charge on any atom is 0.345 e. The summed E-state index contributed by atoms with van der Waals surface area (Å²) in [5.74, 6) is 0.794. The summed E-state index contributed by atoms with van der Waals surface area (Å²) in [6.45, 7) is 4.73. The van der Waals surface area contributed by atoms with Gasteiger partial charge in [0.2, 0.25) is 0 Å². The lowest BCUT2D eigenvalue weighted by Crippen LogP contribution is -2.40. The van der Waals surface area contributed by atoms with Crippen molar-refractivity contribution in [2.24, 2.45) is 7.05 Å². The highest BCUT2D eigenvalue weighted by atomic mass is 16.3. The molecule has 0 radical (unpaired) electrons. The highest BCUT2D eigenvalue weighted by molar-refractivity contribution is 4.91. The Balaban J connectivity index is 2.09. The van der Waals surface area contributed by atoms with Crippen molar-refractivity contribution in [1.82, 2.24) is 19.2 Å². The van der Waals surface area contributed by atoms with Crippen molar-refractivity contribution in [2.45, 2.75) is 32.5 Å². The minimum atomic E-state index is -0.290. The highest BCUT2D eigenvalue weighted by Crippen LogP contribution is 2.08. The monoisotopic (exact) mass is 226 g/mol. The van der Waals surface area contributed by atoms with Gasteiger partial charge in [-0.3, -0.25) is 9.47 Å². The lowest BCUT2D eigenvalue weighted by Gasteiger charge is -2.27. The Morgan fingerprint density at radius 2 is 2.25 bits per heavy atom. The Bertz CT molecular complexity index is 423. The van der Waals surface area contributed by atoms with Crippen molar-refractivity contribution in [3.63, 3.8) is 0 Å². The van der Waals surface area contributed by atoms with E-state index in [1.54, 1.807) is 11.6 Å². The van der Waals surface area contributed by atoms with E-state index in [0.717, 1.165) is 18.8 Å². The van der Waals surface area contributed by atoms with Gasteiger partial charge in [-0.05, 0) is 6.42 Å². The first-order valence-corrected chi connectivity index (χ1v) is 5.65. The van der Waals surface area contributed by atoms with E-state index in [0.29, 0.717) is 19.6 Å². The fourth-order valence-corrected chi connectivity index (χ4v) is 2.00. The van der Waals surface area contributed by atoms with Crippen LogP contribution < -0.4 is 5.69 Å². The third-order valence-electron chi connectivity index (χ3n) is 3.03. The van der Waals surface area contributed by atoms with E-state index < -0.39 is 0 Å². The van der Waals surface area contributed by atoms with Crippen LogP contribution in [0.2, 0.25) is 0 Å². The van der Waals surface area contributed by atoms with Crippen LogP contribution in [0.5, 0.6) is 0 Å². The van der Waals surface area contributed by atoms with Gasteiger partial charge in [0.15, 0.2) is 0 Å². The number of hydrogen-bond donors (Lipinski definition) is 1. The third kappa shape index (κ3) is 2.03. The smallest absolute Gasteiger partial charge is 0.345 e. The molecular formula is C10H18N4O2. The van der Waals surface area contributed by atoms with Crippen LogP contribution in [0, 0.1) is 0 Å². The van der Waals surface area contributed by atoms with E-state index in [2.05, 4.69) is 10.00 Å². The second kappa shape index (κ2) is 4.39. The Hall–Kier alpha value is -1.14. The number of fused-ring (bicyclic) bond motifs is 1. The van der Waals surface area contributed by atoms with Gasteiger partial charge in [-0.25, -0.2) is 9.48 Å². The molecule has 0 aromatic carbocycles. The summed E-state index contributed by atoms with van der Waals surface area (Å²) in [5.41, 5.74) is -0.0503. The number of aliphatic hydroxyl groups is 1. The minimum Gasteiger partial charge on any atom is -0.392 e. The number of aryl methyl sites for hydroxylation is 1. The van der Waals surface area contributed by atoms with Crippen molar-refractivity contribution in [3.05, 3.63) is 16.3 Å². The number of aromatic nitrogens is 3. The van der Waals surface area contributed by atoms with Crippen LogP contribution in [-0.2, 0) is 20.1 Å². The van der Waals surface area contributed by atoms with Crippen LogP contribution in [0.4, 0.5) is 0 Å². The molecule has 1 aromatic rings. The Kier molecular flexibility index (Phi) is 3.11. The van der Waals surface area contributed by atoms with Crippen molar-refractivity contribution < 1.29 is 5.11 Å². The van der Waals surface area contributed by atoms with Gasteiger partial charge in [0.1, 0.15) is 5.82 Å². The number of β-amino-alcohol motifs (C(OH)–C–C–N with tert-alkyl or cyclic N) is 1. The van der Waals surface area contributed by atoms with Crippen LogP contribution >= 0.6 is 0 Å². The zero-order valence-corrected chi connectivity index (χ0v) is 9.76. The largest absolute Gasteiger partial charge is 0.392 e. The summed E-state index contributed by atoms with van der Waals surface area (Å²) in [7, 11) is 1.67. The first kappa shape index (κ1) is 11.3. The van der Waals surface area contributed by atoms with E-state index in [-0.39, 0.29) is 11.8 Å². The molecule has 6 heteroatoms. The molecule has 1 aliphatic heterocycles. The maximum absolute atomic E-state index is 11.6. The molecule has 16 heavy (non-hydrogen) atoms. The second-order valence-electron chi connectivity index (χ2n) is 4.27. The van der Waals surface area contributed by atoms with Crippen LogP contribution in [0.3, 0.4) is 0 Å². The fourth-order valence-electron chi connectivity index (χ4n) is 2.00. The first-order valence-electron chi connectivity index (χ1n) is 5.65. The van der Waals surface area contributed by atoms with Crippen LogP contribution in [0.25, 0.3) is 0 Å². The van der Waals surface area contributed by atoms with Gasteiger partial charge >= 0.3 is 5.69 Å². The Labute approximate surface area is 94.1 Å². The summed E-state index contributed by atoms with van der Waals surface area (Å²) in [4.78, 5) is 13.7. The molecule has 1 N–H and O–H groups in total. The van der Waals surface area contributed by atoms with E-state index >= 15 is 0 Å². The molecule has 1 aromatic heterocycles. The quantitative estimate of drug-likeness (QED) is 0.730. The molecule has 0 bridgehead atoms. The van der Waals surface area contributed by atoms with Crippen LogP contribution in [0.15, 0.2) is 4.79 Å². The summed E-state index contributed by atoms with van der Waals surface area (Å²) < 4.78 is 3.07. The molecule has 0 saturated carbocycles. The lowest BCUT2D eigenvalue weighted by atomic mass is 10.2. The normalized spacial score (nSPS) is 18.4. The summed E-state index contributed by atoms with van der Waals surface area (Å²) in [6.07, 6.45) is 0.466. The van der Waals surface area contributed by atoms with E-state index in [1.165, 1.54) is 4.68 Å². The van der Waals surface area contributed by atoms with E-state index in [4.69, 9.17) is 0 Å². The zero-order valence-electron chi connectivity index (χ0n) is 9.76. The highest BCUT2D eigenvalue weighted by Gasteiger charge is 2.21. The molecule has 0 amide bonds. The number of aliphatic hydroxyl groups excluding tert-OH is 1. The molecule has 1 atom stereocenters. The van der Waals surface area contributed by atoms with Gasteiger partial charge in [-0.1, -0.05) is 6.92 Å². The molecule has 0 spiro atoms. The zero-order chi connectivity index (χ0) is 11.7. The third-order valence-corrected chi connectivity index (χ3v) is 3.03. The van der Waals surface area contributed by atoms with Crippen molar-refractivity contribution in [2.75, 3.05) is 13.1 Å². The van der Waals surface area contributed by atoms with E-state index in [9.17, 15) is 9.90 Å².